The van der Waals surface area contributed by atoms with Crippen LogP contribution in [0.3, 0.4) is 0 Å². The molecule has 0 bridgehead atoms. The molecule has 1 aliphatic heterocycles. The largest absolute Gasteiger partial charge is 0.490 e. The Hall–Kier alpha value is -1.55. The van der Waals surface area contributed by atoms with Gasteiger partial charge in [0.2, 0.25) is 5.91 Å². The van der Waals surface area contributed by atoms with Crippen LogP contribution in [-0.4, -0.2) is 36.5 Å². The molecule has 1 aromatic rings. The van der Waals surface area contributed by atoms with Crippen molar-refractivity contribution in [3.8, 4) is 5.75 Å². The van der Waals surface area contributed by atoms with Crippen LogP contribution in [0, 0.1) is 0 Å². The molecule has 0 aliphatic carbocycles. The Bertz CT molecular complexity index is 359. The number of primary amides is 1. The zero-order valence-corrected chi connectivity index (χ0v) is 9.84. The molecule has 1 fully saturated rings. The minimum atomic E-state index is -0.257. The summed E-state index contributed by atoms with van der Waals surface area (Å²) in [6.45, 7) is 2.11. The molecule has 0 aromatic heterocycles. The fourth-order valence-electron chi connectivity index (χ4n) is 2.10. The summed E-state index contributed by atoms with van der Waals surface area (Å²) in [5.41, 5.74) is 5.17. The third kappa shape index (κ3) is 3.75. The zero-order valence-electron chi connectivity index (χ0n) is 9.84. The summed E-state index contributed by atoms with van der Waals surface area (Å²) in [7, 11) is 0. The van der Waals surface area contributed by atoms with E-state index in [1.807, 2.05) is 30.3 Å². The first kappa shape index (κ1) is 11.9. The second kappa shape index (κ2) is 5.68. The van der Waals surface area contributed by atoms with Crippen LogP contribution in [0.2, 0.25) is 0 Å². The van der Waals surface area contributed by atoms with Crippen molar-refractivity contribution < 1.29 is 9.53 Å². The number of likely N-dealkylation sites (tertiary alicyclic amines) is 1. The van der Waals surface area contributed by atoms with Crippen molar-refractivity contribution >= 4 is 5.91 Å². The van der Waals surface area contributed by atoms with E-state index in [1.165, 1.54) is 0 Å². The van der Waals surface area contributed by atoms with E-state index in [9.17, 15) is 4.79 Å². The zero-order chi connectivity index (χ0) is 12.1. The van der Waals surface area contributed by atoms with Crippen molar-refractivity contribution in [1.29, 1.82) is 0 Å². The Kier molecular flexibility index (Phi) is 3.98. The van der Waals surface area contributed by atoms with Crippen LogP contribution in [0.25, 0.3) is 0 Å². The van der Waals surface area contributed by atoms with Gasteiger partial charge in [-0.15, -0.1) is 0 Å². The molecule has 4 heteroatoms. The molecule has 2 rings (SSSR count). The van der Waals surface area contributed by atoms with E-state index in [1.54, 1.807) is 0 Å². The molecule has 0 unspecified atom stereocenters. The second-order valence-electron chi connectivity index (χ2n) is 4.37. The van der Waals surface area contributed by atoms with E-state index in [4.69, 9.17) is 10.5 Å². The summed E-state index contributed by atoms with van der Waals surface area (Å²) in [6.07, 6.45) is 2.14. The molecule has 1 aromatic carbocycles. The van der Waals surface area contributed by atoms with Gasteiger partial charge in [-0.3, -0.25) is 9.69 Å². The van der Waals surface area contributed by atoms with Crippen LogP contribution >= 0.6 is 0 Å². The van der Waals surface area contributed by atoms with Gasteiger partial charge in [-0.2, -0.15) is 0 Å². The highest BCUT2D eigenvalue weighted by molar-refractivity contribution is 5.75. The van der Waals surface area contributed by atoms with E-state index < -0.39 is 0 Å². The van der Waals surface area contributed by atoms with Crippen LogP contribution in [0.4, 0.5) is 0 Å². The van der Waals surface area contributed by atoms with Gasteiger partial charge in [0.25, 0.3) is 0 Å². The number of ether oxygens (including phenoxy) is 1. The molecule has 92 valence electrons. The van der Waals surface area contributed by atoms with Gasteiger partial charge in [0.15, 0.2) is 0 Å². The molecule has 4 nitrogen and oxygen atoms in total. The molecule has 0 atom stereocenters. The van der Waals surface area contributed by atoms with Gasteiger partial charge in [0.05, 0.1) is 6.54 Å². The Morgan fingerprint density at radius 1 is 1.29 bits per heavy atom. The fourth-order valence-corrected chi connectivity index (χ4v) is 2.10. The van der Waals surface area contributed by atoms with Crippen LogP contribution in [0.5, 0.6) is 5.75 Å². The topological polar surface area (TPSA) is 55.6 Å². The number of carbonyl (C=O) groups excluding carboxylic acids is 1. The van der Waals surface area contributed by atoms with E-state index >= 15 is 0 Å². The van der Waals surface area contributed by atoms with Crippen LogP contribution < -0.4 is 10.5 Å². The summed E-state index contributed by atoms with van der Waals surface area (Å²) in [5, 5.41) is 0. The molecule has 1 saturated heterocycles. The van der Waals surface area contributed by atoms with Crippen LogP contribution in [0.1, 0.15) is 12.8 Å². The van der Waals surface area contributed by atoms with Crippen LogP contribution in [-0.2, 0) is 4.79 Å². The Morgan fingerprint density at radius 2 is 1.94 bits per heavy atom. The Labute approximate surface area is 101 Å². The lowest BCUT2D eigenvalue weighted by Gasteiger charge is -2.31. The number of hydrogen-bond acceptors (Lipinski definition) is 3. The maximum Gasteiger partial charge on any atom is 0.231 e. The number of para-hydroxylation sites is 1. The predicted molar refractivity (Wildman–Crippen MR) is 65.7 cm³/mol. The fraction of sp³-hybridized carbons (Fsp3) is 0.462. The third-order valence-electron chi connectivity index (χ3n) is 2.96. The van der Waals surface area contributed by atoms with E-state index in [2.05, 4.69) is 4.90 Å². The number of piperidine rings is 1. The van der Waals surface area contributed by atoms with Crippen molar-refractivity contribution in [3.05, 3.63) is 30.3 Å². The Balaban J connectivity index is 1.78. The number of benzene rings is 1. The summed E-state index contributed by atoms with van der Waals surface area (Å²) in [4.78, 5) is 12.9. The number of hydrogen-bond donors (Lipinski definition) is 1. The number of rotatable bonds is 4. The van der Waals surface area contributed by atoms with Gasteiger partial charge in [-0.05, 0) is 25.0 Å². The number of amides is 1. The number of nitrogens with zero attached hydrogens (tertiary/aromatic N) is 1. The minimum absolute atomic E-state index is 0.251. The predicted octanol–water partition coefficient (Wildman–Crippen LogP) is 1.02. The summed E-state index contributed by atoms with van der Waals surface area (Å²) in [5.74, 6) is 0.660. The highest BCUT2D eigenvalue weighted by Gasteiger charge is 2.21. The molecule has 2 N–H and O–H groups in total. The van der Waals surface area contributed by atoms with Crippen LogP contribution in [0.15, 0.2) is 30.3 Å². The van der Waals surface area contributed by atoms with Crippen molar-refractivity contribution in [2.45, 2.75) is 18.9 Å². The smallest absolute Gasteiger partial charge is 0.231 e. The Morgan fingerprint density at radius 3 is 2.53 bits per heavy atom. The second-order valence-corrected chi connectivity index (χ2v) is 4.37. The average molecular weight is 234 g/mol. The van der Waals surface area contributed by atoms with Gasteiger partial charge >= 0.3 is 0 Å². The summed E-state index contributed by atoms with van der Waals surface area (Å²) < 4.78 is 5.87. The first-order chi connectivity index (χ1) is 8.24. The molecule has 0 spiro atoms. The lowest BCUT2D eigenvalue weighted by atomic mass is 10.1. The van der Waals surface area contributed by atoms with Crippen molar-refractivity contribution in [1.82, 2.24) is 4.90 Å². The van der Waals surface area contributed by atoms with Gasteiger partial charge in [0, 0.05) is 13.1 Å². The van der Waals surface area contributed by atoms with Gasteiger partial charge in [-0.25, -0.2) is 0 Å². The molecular weight excluding hydrogens is 216 g/mol. The maximum atomic E-state index is 10.8. The minimum Gasteiger partial charge on any atom is -0.490 e. The molecular formula is C13H18N2O2. The lowest BCUT2D eigenvalue weighted by Crippen LogP contribution is -2.42. The highest BCUT2D eigenvalue weighted by atomic mass is 16.5. The lowest BCUT2D eigenvalue weighted by molar-refractivity contribution is -0.119. The summed E-state index contributed by atoms with van der Waals surface area (Å²) in [6, 6.07) is 9.85. The van der Waals surface area contributed by atoms with Gasteiger partial charge in [-0.1, -0.05) is 18.2 Å². The molecule has 1 amide bonds. The van der Waals surface area contributed by atoms with E-state index in [-0.39, 0.29) is 12.0 Å². The van der Waals surface area contributed by atoms with E-state index in [0.717, 1.165) is 31.7 Å². The average Bonchev–Trinajstić information content (AvgIpc) is 2.32. The molecule has 1 heterocycles. The molecule has 1 aliphatic rings. The molecule has 17 heavy (non-hydrogen) atoms. The monoisotopic (exact) mass is 234 g/mol. The normalized spacial score (nSPS) is 17.9. The third-order valence-corrected chi connectivity index (χ3v) is 2.96. The van der Waals surface area contributed by atoms with E-state index in [0.29, 0.717) is 6.54 Å². The molecule has 0 radical (unpaired) electrons. The van der Waals surface area contributed by atoms with Crippen molar-refractivity contribution in [2.75, 3.05) is 19.6 Å². The number of carbonyl (C=O) groups is 1. The SMILES string of the molecule is NC(=O)CN1CCC(Oc2ccccc2)CC1. The van der Waals surface area contributed by atoms with Crippen molar-refractivity contribution in [2.24, 2.45) is 5.73 Å². The highest BCUT2D eigenvalue weighted by Crippen LogP contribution is 2.18. The van der Waals surface area contributed by atoms with Crippen molar-refractivity contribution in [3.63, 3.8) is 0 Å². The first-order valence-corrected chi connectivity index (χ1v) is 5.96. The standard InChI is InChI=1S/C13H18N2O2/c14-13(16)10-15-8-6-12(7-9-15)17-11-4-2-1-3-5-11/h1-5,12H,6-10H2,(H2,14,16). The van der Waals surface area contributed by atoms with Gasteiger partial charge in [0.1, 0.15) is 11.9 Å². The first-order valence-electron chi connectivity index (χ1n) is 5.96. The maximum absolute atomic E-state index is 10.8. The quantitative estimate of drug-likeness (QED) is 0.846. The summed E-state index contributed by atoms with van der Waals surface area (Å²) >= 11 is 0. The van der Waals surface area contributed by atoms with Gasteiger partial charge < -0.3 is 10.5 Å². The number of nitrogens with two attached hydrogens (primary N) is 1. The molecule has 0 saturated carbocycles.